The van der Waals surface area contributed by atoms with Gasteiger partial charge in [-0.15, -0.1) is 0 Å². The Morgan fingerprint density at radius 2 is 0.520 bits per heavy atom. The number of rotatable bonds is 33. The lowest BCUT2D eigenvalue weighted by atomic mass is 10.2. The lowest BCUT2D eigenvalue weighted by Gasteiger charge is -2.12. The van der Waals surface area contributed by atoms with Crippen LogP contribution in [0.2, 0.25) is 0 Å². The Balaban J connectivity index is -0.000000103. The monoisotopic (exact) mass is 1500 g/mol. The fourth-order valence-corrected chi connectivity index (χ4v) is 3.30. The van der Waals surface area contributed by atoms with Gasteiger partial charge in [0.05, 0.1) is 93.0 Å². The van der Waals surface area contributed by atoms with Crippen molar-refractivity contribution >= 4 is 107 Å². The Morgan fingerprint density at radius 1 is 0.284 bits per heavy atom. The number of carboxylic acids is 8. The maximum absolute atomic E-state index is 11.2. The molecule has 6 atom stereocenters. The van der Waals surface area contributed by atoms with Crippen molar-refractivity contribution in [3.8, 4) is 0 Å². The van der Waals surface area contributed by atoms with Crippen molar-refractivity contribution in [3.05, 3.63) is 0 Å². The second-order valence-electron chi connectivity index (χ2n) is 18.9. The molecule has 6 unspecified atom stereocenters. The van der Waals surface area contributed by atoms with Crippen molar-refractivity contribution in [1.82, 2.24) is 0 Å². The number of aliphatic hydroxyl groups excluding tert-OH is 9. The summed E-state index contributed by atoms with van der Waals surface area (Å²) in [7, 11) is 5.86. The first-order valence-electron chi connectivity index (χ1n) is 28.6. The predicted molar refractivity (Wildman–Crippen MR) is 332 cm³/mol. The van der Waals surface area contributed by atoms with Gasteiger partial charge in [-0.1, -0.05) is 13.8 Å². The van der Waals surface area contributed by atoms with E-state index >= 15 is 0 Å². The Hall–Kier alpha value is -9.90. The van der Waals surface area contributed by atoms with E-state index < -0.39 is 195 Å². The van der Waals surface area contributed by atoms with E-state index in [1.54, 1.807) is 27.7 Å². The molecular formula is C57H100O45. The third-order valence-electron chi connectivity index (χ3n) is 8.23. The number of aliphatic hydroxyl groups is 9. The van der Waals surface area contributed by atoms with Crippen molar-refractivity contribution in [2.24, 2.45) is 5.92 Å². The van der Waals surface area contributed by atoms with E-state index in [9.17, 15) is 86.3 Å². The number of esters is 10. The molecule has 0 saturated carbocycles. The van der Waals surface area contributed by atoms with Gasteiger partial charge in [-0.25, -0.2) is 0 Å². The van der Waals surface area contributed by atoms with Gasteiger partial charge in [0.15, 0.2) is 0 Å². The third kappa shape index (κ3) is 134. The molecule has 0 aliphatic heterocycles. The standard InChI is InChI=1S/C12H18O8.C11H16O8.C8H14O4.2C4H10O2.4C3H4O4.C3H8O3.C3H8O2/c1-8(20-12(16)7-10(14)18-3)4-5-19-11(15)6-9(13)17-2;1-7(19-11(15)5-9(13)17-3)6-18-10(14)4-8(12)16-2;1-6(2)5-12-8(10)4-7(9)11-3;1-4(6)2-3-5;1-3(5)4(2)6;4*4-2(5)1-3(6)7;4-1-3(6)2-5;1-3(5)2-4/h8H,4-7H2,1-3H3;7H,4-6H2,1-3H3;6H,4-5H2,1-3H3;4-6H,2-3H2,1H3;3-6H,1-2H3;4*1H2,(H,4,5)(H,6,7);3-6H,1-2H2;3-5H,2H2,1H3. The van der Waals surface area contributed by atoms with Crippen molar-refractivity contribution < 1.29 is 220 Å². The minimum atomic E-state index is -1.31. The Bertz CT molecular complexity index is 2200. The molecule has 0 aromatic heterocycles. The number of ether oxygens (including phenoxy) is 10. The van der Waals surface area contributed by atoms with Crippen LogP contribution in [0.4, 0.5) is 0 Å². The number of methoxy groups -OCH3 is 5. The SMILES string of the molecule is CC(O)C(C)O.CC(O)CCO.CC(O)CO.COC(=O)CC(=O)OCC(C)C.COC(=O)CC(=O)OCC(C)OC(=O)CC(=O)OC.COC(=O)CC(=O)OCCC(C)OC(=O)CC(=O)OC.O=C(O)CC(=O)O.O=C(O)CC(=O)O.O=C(O)CC(=O)O.O=C(O)CC(=O)O.OCC(O)CO. The van der Waals surface area contributed by atoms with E-state index in [1.807, 2.05) is 13.8 Å². The zero-order valence-corrected chi connectivity index (χ0v) is 58.4. The molecule has 0 bridgehead atoms. The van der Waals surface area contributed by atoms with Gasteiger partial charge in [0.25, 0.3) is 0 Å². The fourth-order valence-electron chi connectivity index (χ4n) is 3.30. The summed E-state index contributed by atoms with van der Waals surface area (Å²) in [5, 5.41) is 135. The van der Waals surface area contributed by atoms with E-state index in [4.69, 9.17) is 106 Å². The molecule has 0 saturated heterocycles. The molecule has 102 heavy (non-hydrogen) atoms. The average molecular weight is 1510 g/mol. The summed E-state index contributed by atoms with van der Waals surface area (Å²) >= 11 is 0. The minimum absolute atomic E-state index is 0.0114. The largest absolute Gasteiger partial charge is 0.481 e. The predicted octanol–water partition coefficient (Wildman–Crippen LogP) is -4.31. The normalized spacial score (nSPS) is 10.9. The second-order valence-corrected chi connectivity index (χ2v) is 18.9. The first-order valence-corrected chi connectivity index (χ1v) is 28.6. The maximum atomic E-state index is 11.2. The molecule has 0 aromatic rings. The maximum Gasteiger partial charge on any atom is 0.317 e. The highest BCUT2D eigenvalue weighted by atomic mass is 16.6. The molecule has 0 radical (unpaired) electrons. The van der Waals surface area contributed by atoms with Crippen molar-refractivity contribution in [3.63, 3.8) is 0 Å². The van der Waals surface area contributed by atoms with E-state index in [2.05, 4.69) is 28.4 Å². The first kappa shape index (κ1) is 116. The van der Waals surface area contributed by atoms with Crippen LogP contribution in [0.25, 0.3) is 0 Å². The summed E-state index contributed by atoms with van der Waals surface area (Å²) in [6, 6.07) is 0. The Morgan fingerprint density at radius 3 is 0.686 bits per heavy atom. The number of carbonyl (C=O) groups excluding carboxylic acids is 10. The molecule has 17 N–H and O–H groups in total. The number of aliphatic carboxylic acids is 8. The molecule has 0 aliphatic rings. The van der Waals surface area contributed by atoms with Gasteiger partial charge >= 0.3 is 107 Å². The molecule has 0 amide bonds. The fraction of sp³-hybridized carbons (Fsp3) is 0.684. The lowest BCUT2D eigenvalue weighted by Crippen LogP contribution is -2.24. The third-order valence-corrected chi connectivity index (χ3v) is 8.23. The van der Waals surface area contributed by atoms with Crippen LogP contribution in [0.15, 0.2) is 0 Å². The van der Waals surface area contributed by atoms with E-state index in [0.29, 0.717) is 13.0 Å². The molecule has 0 rings (SSSR count). The van der Waals surface area contributed by atoms with E-state index in [-0.39, 0.29) is 64.5 Å². The highest BCUT2D eigenvalue weighted by molar-refractivity contribution is 5.94. The summed E-state index contributed by atoms with van der Waals surface area (Å²) in [6.45, 7) is 12.5. The van der Waals surface area contributed by atoms with Crippen LogP contribution in [-0.2, 0) is 134 Å². The molecule has 0 fully saturated rings. The van der Waals surface area contributed by atoms with Gasteiger partial charge in [0.2, 0.25) is 0 Å². The number of carbonyl (C=O) groups is 18. The van der Waals surface area contributed by atoms with Crippen LogP contribution >= 0.6 is 0 Å². The summed E-state index contributed by atoms with van der Waals surface area (Å²) in [4.78, 5) is 184. The molecule has 598 valence electrons. The van der Waals surface area contributed by atoms with Crippen molar-refractivity contribution in [1.29, 1.82) is 0 Å². The zero-order valence-electron chi connectivity index (χ0n) is 58.4. The number of hydrogen-bond acceptors (Lipinski definition) is 37. The first-order chi connectivity index (χ1) is 46.8. The van der Waals surface area contributed by atoms with Gasteiger partial charge < -0.3 is 134 Å². The van der Waals surface area contributed by atoms with Crippen LogP contribution < -0.4 is 0 Å². The highest BCUT2D eigenvalue weighted by Crippen LogP contribution is 2.03. The minimum Gasteiger partial charge on any atom is -0.481 e. The molecule has 0 aromatic carbocycles. The second kappa shape index (κ2) is 80.1. The summed E-state index contributed by atoms with van der Waals surface area (Å²) in [5.74, 6) is -17.1. The summed E-state index contributed by atoms with van der Waals surface area (Å²) < 4.78 is 45.3. The molecule has 0 spiro atoms. The van der Waals surface area contributed by atoms with Gasteiger partial charge in [-0.3, -0.25) is 86.3 Å². The molecule has 0 aliphatic carbocycles. The topological polar surface area (TPSA) is 743 Å². The smallest absolute Gasteiger partial charge is 0.317 e. The van der Waals surface area contributed by atoms with Crippen molar-refractivity contribution in [2.45, 2.75) is 169 Å². The number of carboxylic acid groups (broad SMARTS) is 8. The Kier molecular flexibility index (Phi) is 91.2. The molecule has 45 nitrogen and oxygen atoms in total. The molecular weight excluding hydrogens is 1400 g/mol. The van der Waals surface area contributed by atoms with Crippen LogP contribution in [-0.4, -0.2) is 319 Å². The van der Waals surface area contributed by atoms with Gasteiger partial charge in [-0.2, -0.15) is 0 Å². The zero-order chi connectivity index (χ0) is 82.8. The quantitative estimate of drug-likeness (QED) is 0.0168. The molecule has 45 heteroatoms. The van der Waals surface area contributed by atoms with Crippen molar-refractivity contribution in [2.75, 3.05) is 81.8 Å². The van der Waals surface area contributed by atoms with Crippen LogP contribution in [0.3, 0.4) is 0 Å². The summed E-state index contributed by atoms with van der Waals surface area (Å²) in [6.07, 6.45) is -9.07. The lowest BCUT2D eigenvalue weighted by molar-refractivity contribution is -0.164. The van der Waals surface area contributed by atoms with E-state index in [0.717, 1.165) is 14.2 Å². The molecule has 0 heterocycles. The van der Waals surface area contributed by atoms with Crippen LogP contribution in [0, 0.1) is 5.92 Å². The number of hydrogen-bond donors (Lipinski definition) is 17. The van der Waals surface area contributed by atoms with E-state index in [1.165, 1.54) is 35.2 Å². The van der Waals surface area contributed by atoms with Crippen LogP contribution in [0.5, 0.6) is 0 Å². The summed E-state index contributed by atoms with van der Waals surface area (Å²) in [5.41, 5.74) is 0. The highest BCUT2D eigenvalue weighted by Gasteiger charge is 2.19. The Labute approximate surface area is 583 Å². The van der Waals surface area contributed by atoms with Gasteiger partial charge in [-0.05, 0) is 53.9 Å². The van der Waals surface area contributed by atoms with Crippen LogP contribution in [0.1, 0.15) is 126 Å². The van der Waals surface area contributed by atoms with Gasteiger partial charge in [0.1, 0.15) is 82.7 Å². The average Bonchev–Trinajstić information content (AvgIpc) is 0.988. The van der Waals surface area contributed by atoms with Gasteiger partial charge in [0, 0.05) is 13.0 Å².